The highest BCUT2D eigenvalue weighted by molar-refractivity contribution is 8.00. The van der Waals surface area contributed by atoms with E-state index >= 15 is 0 Å². The molecule has 0 aliphatic heterocycles. The van der Waals surface area contributed by atoms with Gasteiger partial charge in [-0.25, -0.2) is 4.98 Å². The third-order valence-corrected chi connectivity index (χ3v) is 4.41. The predicted octanol–water partition coefficient (Wildman–Crippen LogP) is 3.31. The molecule has 2 aromatic rings. The summed E-state index contributed by atoms with van der Waals surface area (Å²) in [5.74, 6) is 0.669. The molecule has 1 aliphatic carbocycles. The van der Waals surface area contributed by atoms with Crippen LogP contribution < -0.4 is 5.73 Å². The molecule has 2 nitrogen and oxygen atoms in total. The Morgan fingerprint density at radius 1 is 1.12 bits per heavy atom. The van der Waals surface area contributed by atoms with Crippen LogP contribution in [0.25, 0.3) is 0 Å². The number of rotatable bonds is 3. The first-order valence-corrected chi connectivity index (χ1v) is 6.64. The molecule has 0 bridgehead atoms. The highest BCUT2D eigenvalue weighted by Crippen LogP contribution is 2.51. The zero-order valence-electron chi connectivity index (χ0n) is 9.41. The number of hydrogen-bond donors (Lipinski definition) is 1. The zero-order chi connectivity index (χ0) is 11.7. The van der Waals surface area contributed by atoms with E-state index in [1.54, 1.807) is 18.0 Å². The summed E-state index contributed by atoms with van der Waals surface area (Å²) in [4.78, 5) is 4.32. The number of nitrogens with zero attached hydrogens (tertiary/aromatic N) is 1. The van der Waals surface area contributed by atoms with E-state index < -0.39 is 0 Å². The molecule has 0 spiro atoms. The van der Waals surface area contributed by atoms with E-state index in [9.17, 15) is 0 Å². The maximum absolute atomic E-state index is 5.90. The molecule has 0 saturated heterocycles. The fourth-order valence-electron chi connectivity index (χ4n) is 2.00. The number of nitrogens with two attached hydrogens (primary N) is 1. The van der Waals surface area contributed by atoms with Crippen LogP contribution in [-0.4, -0.2) is 10.2 Å². The van der Waals surface area contributed by atoms with Crippen molar-refractivity contribution in [1.29, 1.82) is 0 Å². The second kappa shape index (κ2) is 4.41. The Hall–Kier alpha value is -1.48. The first kappa shape index (κ1) is 10.7. The van der Waals surface area contributed by atoms with Gasteiger partial charge in [-0.2, -0.15) is 0 Å². The van der Waals surface area contributed by atoms with E-state index in [0.717, 1.165) is 10.7 Å². The number of nitrogen functional groups attached to an aromatic ring is 1. The molecule has 2 unspecified atom stereocenters. The number of thioether (sulfide) groups is 1. The first-order valence-electron chi connectivity index (χ1n) is 5.76. The van der Waals surface area contributed by atoms with Crippen molar-refractivity contribution in [3.8, 4) is 0 Å². The van der Waals surface area contributed by atoms with Gasteiger partial charge in [0.15, 0.2) is 0 Å². The Morgan fingerprint density at radius 3 is 2.71 bits per heavy atom. The number of pyridine rings is 1. The summed E-state index contributed by atoms with van der Waals surface area (Å²) in [5.41, 5.74) is 8.12. The van der Waals surface area contributed by atoms with Gasteiger partial charge in [0.2, 0.25) is 0 Å². The number of aromatic nitrogens is 1. The second-order valence-electron chi connectivity index (χ2n) is 4.31. The van der Waals surface area contributed by atoms with Gasteiger partial charge in [0.25, 0.3) is 0 Å². The minimum absolute atomic E-state index is 0.634. The lowest BCUT2D eigenvalue weighted by Gasteiger charge is -2.03. The van der Waals surface area contributed by atoms with Crippen molar-refractivity contribution in [3.63, 3.8) is 0 Å². The van der Waals surface area contributed by atoms with Crippen molar-refractivity contribution >= 4 is 17.4 Å². The van der Waals surface area contributed by atoms with Crippen LogP contribution in [0.4, 0.5) is 5.69 Å². The lowest BCUT2D eigenvalue weighted by molar-refractivity contribution is 1.12. The average molecular weight is 242 g/mol. The van der Waals surface area contributed by atoms with Crippen molar-refractivity contribution in [2.75, 3.05) is 5.73 Å². The molecule has 1 fully saturated rings. The third kappa shape index (κ3) is 2.29. The summed E-state index contributed by atoms with van der Waals surface area (Å²) < 4.78 is 0. The summed E-state index contributed by atoms with van der Waals surface area (Å²) in [7, 11) is 0. The maximum Gasteiger partial charge on any atom is 0.119 e. The number of anilines is 1. The van der Waals surface area contributed by atoms with Gasteiger partial charge in [-0.3, -0.25) is 0 Å². The Morgan fingerprint density at radius 2 is 1.94 bits per heavy atom. The quantitative estimate of drug-likeness (QED) is 0.897. The van der Waals surface area contributed by atoms with E-state index in [4.69, 9.17) is 5.73 Å². The monoisotopic (exact) mass is 242 g/mol. The van der Waals surface area contributed by atoms with Gasteiger partial charge in [-0.1, -0.05) is 30.3 Å². The number of benzene rings is 1. The SMILES string of the molecule is Nc1cccnc1SC1CC1c1ccccc1. The van der Waals surface area contributed by atoms with E-state index in [2.05, 4.69) is 35.3 Å². The van der Waals surface area contributed by atoms with Crippen molar-refractivity contribution in [1.82, 2.24) is 4.98 Å². The Kier molecular flexibility index (Phi) is 2.77. The van der Waals surface area contributed by atoms with Crippen LogP contribution in [0, 0.1) is 0 Å². The van der Waals surface area contributed by atoms with Crippen LogP contribution in [-0.2, 0) is 0 Å². The molecular formula is C14H14N2S. The van der Waals surface area contributed by atoms with Crippen molar-refractivity contribution in [2.24, 2.45) is 0 Å². The highest BCUT2D eigenvalue weighted by atomic mass is 32.2. The van der Waals surface area contributed by atoms with Crippen LogP contribution in [0.3, 0.4) is 0 Å². The summed E-state index contributed by atoms with van der Waals surface area (Å²) in [6, 6.07) is 14.5. The summed E-state index contributed by atoms with van der Waals surface area (Å²) in [6.07, 6.45) is 3.03. The van der Waals surface area contributed by atoms with Gasteiger partial charge >= 0.3 is 0 Å². The molecule has 2 atom stereocenters. The molecule has 3 heteroatoms. The van der Waals surface area contributed by atoms with Gasteiger partial charge in [0.05, 0.1) is 5.69 Å². The molecule has 3 rings (SSSR count). The van der Waals surface area contributed by atoms with Crippen molar-refractivity contribution in [2.45, 2.75) is 22.6 Å². The molecular weight excluding hydrogens is 228 g/mol. The fourth-order valence-corrected chi connectivity index (χ4v) is 3.24. The smallest absolute Gasteiger partial charge is 0.119 e. The molecule has 17 heavy (non-hydrogen) atoms. The minimum atomic E-state index is 0.634. The first-order chi connectivity index (χ1) is 8.34. The molecule has 1 aliphatic rings. The largest absolute Gasteiger partial charge is 0.397 e. The van der Waals surface area contributed by atoms with Gasteiger partial charge in [0.1, 0.15) is 5.03 Å². The molecule has 1 saturated carbocycles. The highest BCUT2D eigenvalue weighted by Gasteiger charge is 2.39. The van der Waals surface area contributed by atoms with Crippen LogP contribution in [0.1, 0.15) is 17.9 Å². The van der Waals surface area contributed by atoms with Gasteiger partial charge in [-0.05, 0) is 30.0 Å². The Balaban J connectivity index is 1.69. The standard InChI is InChI=1S/C14H14N2S/c15-12-7-4-8-16-14(12)17-13-9-11(13)10-5-2-1-3-6-10/h1-8,11,13H,9,15H2. The fraction of sp³-hybridized carbons (Fsp3) is 0.214. The number of hydrogen-bond acceptors (Lipinski definition) is 3. The predicted molar refractivity (Wildman–Crippen MR) is 72.1 cm³/mol. The van der Waals surface area contributed by atoms with Crippen LogP contribution in [0.5, 0.6) is 0 Å². The van der Waals surface area contributed by atoms with Gasteiger partial charge in [0, 0.05) is 11.4 Å². The topological polar surface area (TPSA) is 38.9 Å². The lowest BCUT2D eigenvalue weighted by Crippen LogP contribution is -1.92. The third-order valence-electron chi connectivity index (χ3n) is 3.02. The molecule has 1 heterocycles. The van der Waals surface area contributed by atoms with E-state index in [1.165, 1.54) is 12.0 Å². The minimum Gasteiger partial charge on any atom is -0.397 e. The molecule has 86 valence electrons. The molecule has 0 amide bonds. The average Bonchev–Trinajstić information content (AvgIpc) is 3.13. The van der Waals surface area contributed by atoms with Crippen molar-refractivity contribution < 1.29 is 0 Å². The summed E-state index contributed by atoms with van der Waals surface area (Å²) in [6.45, 7) is 0. The van der Waals surface area contributed by atoms with Crippen LogP contribution in [0.15, 0.2) is 53.7 Å². The van der Waals surface area contributed by atoms with Crippen LogP contribution in [0.2, 0.25) is 0 Å². The van der Waals surface area contributed by atoms with Crippen molar-refractivity contribution in [3.05, 3.63) is 54.2 Å². The molecule has 1 aromatic carbocycles. The Bertz CT molecular complexity index is 513. The van der Waals surface area contributed by atoms with Gasteiger partial charge < -0.3 is 5.73 Å². The normalized spacial score (nSPS) is 22.4. The lowest BCUT2D eigenvalue weighted by atomic mass is 10.1. The Labute approximate surface area is 105 Å². The molecule has 0 radical (unpaired) electrons. The maximum atomic E-state index is 5.90. The molecule has 1 aromatic heterocycles. The molecule has 2 N–H and O–H groups in total. The van der Waals surface area contributed by atoms with E-state index in [1.807, 2.05) is 12.1 Å². The van der Waals surface area contributed by atoms with E-state index in [-0.39, 0.29) is 0 Å². The van der Waals surface area contributed by atoms with E-state index in [0.29, 0.717) is 11.2 Å². The summed E-state index contributed by atoms with van der Waals surface area (Å²) in [5, 5.41) is 1.60. The van der Waals surface area contributed by atoms with Crippen LogP contribution >= 0.6 is 11.8 Å². The van der Waals surface area contributed by atoms with Gasteiger partial charge in [-0.15, -0.1) is 11.8 Å². The second-order valence-corrected chi connectivity index (χ2v) is 5.53. The zero-order valence-corrected chi connectivity index (χ0v) is 10.2. The summed E-state index contributed by atoms with van der Waals surface area (Å²) >= 11 is 1.80.